The fraction of sp³-hybridized carbons (Fsp3) is 0.304. The molecule has 2 aromatic heterocycles. The summed E-state index contributed by atoms with van der Waals surface area (Å²) in [5, 5.41) is 1.82. The summed E-state index contributed by atoms with van der Waals surface area (Å²) in [6.07, 6.45) is -2.90. The number of ether oxygens (including phenoxy) is 2. The second-order valence-corrected chi connectivity index (χ2v) is 8.56. The minimum atomic E-state index is -4.84. The molecule has 1 aromatic carbocycles. The van der Waals surface area contributed by atoms with Crippen molar-refractivity contribution in [2.45, 2.75) is 31.7 Å². The summed E-state index contributed by atoms with van der Waals surface area (Å²) in [5.74, 6) is -1.28. The highest BCUT2D eigenvalue weighted by molar-refractivity contribution is 7.07. The normalized spacial score (nSPS) is 14.5. The number of hydrogen-bond donors (Lipinski definition) is 1. The SMILES string of the molecule is NC(=O)c1cc(-c2cscn2)cnc1OC1CCN(C(=O)Cc2ccccc2OC(F)(F)F)CC1. The smallest absolute Gasteiger partial charge is 0.474 e. The van der Waals surface area contributed by atoms with Gasteiger partial charge in [0.15, 0.2) is 0 Å². The number of benzene rings is 1. The molecule has 3 heterocycles. The third-order valence-corrected chi connectivity index (χ3v) is 6.04. The Morgan fingerprint density at radius 2 is 1.91 bits per heavy atom. The number of nitrogens with two attached hydrogens (primary N) is 1. The summed E-state index contributed by atoms with van der Waals surface area (Å²) in [4.78, 5) is 34.7. The second-order valence-electron chi connectivity index (χ2n) is 7.84. The lowest BCUT2D eigenvalue weighted by Crippen LogP contribution is -2.42. The summed E-state index contributed by atoms with van der Waals surface area (Å²) in [6.45, 7) is 0.684. The maximum Gasteiger partial charge on any atom is 0.573 e. The van der Waals surface area contributed by atoms with E-state index in [0.29, 0.717) is 37.2 Å². The number of primary amides is 1. The topological polar surface area (TPSA) is 108 Å². The minimum absolute atomic E-state index is 0.111. The molecule has 3 aromatic rings. The Morgan fingerprint density at radius 1 is 1.17 bits per heavy atom. The zero-order valence-corrected chi connectivity index (χ0v) is 19.1. The van der Waals surface area contributed by atoms with Gasteiger partial charge in [0.05, 0.1) is 17.6 Å². The molecule has 1 aliphatic heterocycles. The predicted octanol–water partition coefficient (Wildman–Crippen LogP) is 3.82. The molecular formula is C23H21F3N4O4S. The molecule has 0 spiro atoms. The van der Waals surface area contributed by atoms with Crippen LogP contribution in [-0.4, -0.2) is 52.2 Å². The maximum absolute atomic E-state index is 12.7. The number of aromatic nitrogens is 2. The van der Waals surface area contributed by atoms with Gasteiger partial charge in [-0.2, -0.15) is 0 Å². The van der Waals surface area contributed by atoms with Crippen molar-refractivity contribution in [3.63, 3.8) is 0 Å². The van der Waals surface area contributed by atoms with Crippen molar-refractivity contribution in [1.29, 1.82) is 0 Å². The standard InChI is InChI=1S/C23H21F3N4O4S/c24-23(25,26)34-19-4-2-1-3-14(19)10-20(31)30-7-5-16(6-8-30)33-22-17(21(27)32)9-15(11-28-22)18-12-35-13-29-18/h1-4,9,11-13,16H,5-8,10H2,(H2,27,32). The first-order valence-electron chi connectivity index (χ1n) is 10.7. The van der Waals surface area contributed by atoms with Crippen molar-refractivity contribution >= 4 is 23.2 Å². The summed E-state index contributed by atoms with van der Waals surface area (Å²) in [6, 6.07) is 7.16. The minimum Gasteiger partial charge on any atom is -0.474 e. The van der Waals surface area contributed by atoms with E-state index in [1.807, 2.05) is 5.38 Å². The Bertz CT molecular complexity index is 1200. The summed E-state index contributed by atoms with van der Waals surface area (Å²) >= 11 is 1.41. The number of halogens is 3. The fourth-order valence-electron chi connectivity index (χ4n) is 3.75. The lowest BCUT2D eigenvalue weighted by atomic mass is 10.1. The van der Waals surface area contributed by atoms with Crippen LogP contribution in [0.4, 0.5) is 13.2 Å². The number of carbonyl (C=O) groups excluding carboxylic acids is 2. The monoisotopic (exact) mass is 506 g/mol. The van der Waals surface area contributed by atoms with Gasteiger partial charge in [-0.25, -0.2) is 9.97 Å². The Hall–Kier alpha value is -3.67. The van der Waals surface area contributed by atoms with E-state index in [0.717, 1.165) is 0 Å². The molecule has 184 valence electrons. The van der Waals surface area contributed by atoms with Crippen LogP contribution in [0.1, 0.15) is 28.8 Å². The highest BCUT2D eigenvalue weighted by atomic mass is 32.1. The lowest BCUT2D eigenvalue weighted by molar-refractivity contribution is -0.274. The molecule has 1 saturated heterocycles. The predicted molar refractivity (Wildman–Crippen MR) is 121 cm³/mol. The Balaban J connectivity index is 1.37. The van der Waals surface area contributed by atoms with Gasteiger partial charge in [0, 0.05) is 48.6 Å². The van der Waals surface area contributed by atoms with E-state index in [-0.39, 0.29) is 35.4 Å². The highest BCUT2D eigenvalue weighted by Crippen LogP contribution is 2.28. The maximum atomic E-state index is 12.7. The molecule has 1 fully saturated rings. The molecule has 1 aliphatic rings. The number of hydrogen-bond acceptors (Lipinski definition) is 7. The van der Waals surface area contributed by atoms with Crippen molar-refractivity contribution in [2.75, 3.05) is 13.1 Å². The zero-order valence-electron chi connectivity index (χ0n) is 18.3. The average Bonchev–Trinajstić information content (AvgIpc) is 3.35. The van der Waals surface area contributed by atoms with Crippen LogP contribution in [0.5, 0.6) is 11.6 Å². The largest absolute Gasteiger partial charge is 0.573 e. The first-order valence-corrected chi connectivity index (χ1v) is 11.6. The van der Waals surface area contributed by atoms with Gasteiger partial charge >= 0.3 is 6.36 Å². The van der Waals surface area contributed by atoms with Gasteiger partial charge < -0.3 is 20.1 Å². The van der Waals surface area contributed by atoms with Gasteiger partial charge in [-0.3, -0.25) is 9.59 Å². The van der Waals surface area contributed by atoms with Crippen molar-refractivity contribution in [2.24, 2.45) is 5.73 Å². The van der Waals surface area contributed by atoms with E-state index in [9.17, 15) is 22.8 Å². The number of thiazole rings is 1. The molecule has 0 aliphatic carbocycles. The number of alkyl halides is 3. The third kappa shape index (κ3) is 6.27. The summed E-state index contributed by atoms with van der Waals surface area (Å²) in [5.41, 5.74) is 8.79. The van der Waals surface area contributed by atoms with E-state index in [1.165, 1.54) is 29.5 Å². The Morgan fingerprint density at radius 3 is 2.57 bits per heavy atom. The molecule has 35 heavy (non-hydrogen) atoms. The quantitative estimate of drug-likeness (QED) is 0.522. The van der Waals surface area contributed by atoms with Crippen molar-refractivity contribution in [3.8, 4) is 22.9 Å². The molecule has 0 saturated carbocycles. The van der Waals surface area contributed by atoms with E-state index >= 15 is 0 Å². The molecule has 4 rings (SSSR count). The number of piperidine rings is 1. The van der Waals surface area contributed by atoms with Crippen molar-refractivity contribution in [1.82, 2.24) is 14.9 Å². The van der Waals surface area contributed by atoms with Crippen LogP contribution in [0, 0.1) is 0 Å². The molecule has 0 radical (unpaired) electrons. The van der Waals surface area contributed by atoms with Gasteiger partial charge in [0.25, 0.3) is 5.91 Å². The molecule has 0 unspecified atom stereocenters. The van der Waals surface area contributed by atoms with Crippen LogP contribution >= 0.6 is 11.3 Å². The third-order valence-electron chi connectivity index (χ3n) is 5.46. The number of carbonyl (C=O) groups is 2. The van der Waals surface area contributed by atoms with Crippen molar-refractivity contribution < 1.29 is 32.2 Å². The van der Waals surface area contributed by atoms with Crippen LogP contribution in [0.3, 0.4) is 0 Å². The van der Waals surface area contributed by atoms with Crippen LogP contribution in [0.2, 0.25) is 0 Å². The van der Waals surface area contributed by atoms with Crippen LogP contribution in [0.25, 0.3) is 11.3 Å². The fourth-order valence-corrected chi connectivity index (χ4v) is 4.31. The summed E-state index contributed by atoms with van der Waals surface area (Å²) in [7, 11) is 0. The molecule has 8 nitrogen and oxygen atoms in total. The highest BCUT2D eigenvalue weighted by Gasteiger charge is 2.33. The number of para-hydroxylation sites is 1. The molecule has 2 amide bonds. The zero-order chi connectivity index (χ0) is 25.0. The van der Waals surface area contributed by atoms with E-state index < -0.39 is 18.0 Å². The van der Waals surface area contributed by atoms with Crippen molar-refractivity contribution in [3.05, 3.63) is 58.5 Å². The number of nitrogens with zero attached hydrogens (tertiary/aromatic N) is 3. The van der Waals surface area contributed by atoms with E-state index in [1.54, 1.807) is 28.7 Å². The van der Waals surface area contributed by atoms with E-state index in [2.05, 4.69) is 14.7 Å². The molecule has 2 N–H and O–H groups in total. The Labute approximate surface area is 202 Å². The lowest BCUT2D eigenvalue weighted by Gasteiger charge is -2.32. The first-order chi connectivity index (χ1) is 16.7. The van der Waals surface area contributed by atoms with Gasteiger partial charge in [-0.1, -0.05) is 18.2 Å². The number of amides is 2. The van der Waals surface area contributed by atoms with Gasteiger partial charge in [0.1, 0.15) is 17.4 Å². The van der Waals surface area contributed by atoms with Crippen LogP contribution < -0.4 is 15.2 Å². The molecule has 0 bridgehead atoms. The first kappa shape index (κ1) is 24.5. The number of likely N-dealkylation sites (tertiary alicyclic amines) is 1. The average molecular weight is 507 g/mol. The molecule has 12 heteroatoms. The second kappa shape index (κ2) is 10.3. The molecule has 0 atom stereocenters. The van der Waals surface area contributed by atoms with Gasteiger partial charge in [0.2, 0.25) is 11.8 Å². The van der Waals surface area contributed by atoms with Gasteiger partial charge in [-0.15, -0.1) is 24.5 Å². The van der Waals surface area contributed by atoms with E-state index in [4.69, 9.17) is 10.5 Å². The summed E-state index contributed by atoms with van der Waals surface area (Å²) < 4.78 is 47.9. The van der Waals surface area contributed by atoms with Crippen LogP contribution in [-0.2, 0) is 11.2 Å². The van der Waals surface area contributed by atoms with Gasteiger partial charge in [-0.05, 0) is 12.1 Å². The van der Waals surface area contributed by atoms with Crippen LogP contribution in [0.15, 0.2) is 47.4 Å². The Kier molecular flexibility index (Phi) is 7.20. The molecular weight excluding hydrogens is 485 g/mol. The number of rotatable bonds is 7. The number of pyridine rings is 1.